The van der Waals surface area contributed by atoms with E-state index < -0.39 is 0 Å². The van der Waals surface area contributed by atoms with E-state index in [4.69, 9.17) is 9.47 Å². The van der Waals surface area contributed by atoms with E-state index in [1.807, 2.05) is 18.2 Å². The van der Waals surface area contributed by atoms with E-state index in [0.29, 0.717) is 0 Å². The van der Waals surface area contributed by atoms with Crippen LogP contribution in [0.3, 0.4) is 0 Å². The molecule has 5 nitrogen and oxygen atoms in total. The van der Waals surface area contributed by atoms with Gasteiger partial charge in [-0.05, 0) is 24.8 Å². The molecule has 1 aromatic carbocycles. The Labute approximate surface area is 123 Å². The van der Waals surface area contributed by atoms with Crippen molar-refractivity contribution in [2.45, 2.75) is 25.5 Å². The lowest BCUT2D eigenvalue weighted by Crippen LogP contribution is -2.00. The van der Waals surface area contributed by atoms with Crippen molar-refractivity contribution >= 4 is 11.8 Å². The van der Waals surface area contributed by atoms with Gasteiger partial charge in [0.1, 0.15) is 11.5 Å². The van der Waals surface area contributed by atoms with E-state index in [2.05, 4.69) is 28.6 Å². The number of methoxy groups -OCH3 is 2. The second-order valence-electron chi connectivity index (χ2n) is 4.08. The summed E-state index contributed by atoms with van der Waals surface area (Å²) in [4.78, 5) is 0. The normalized spacial score (nSPS) is 10.6. The molecule has 2 aromatic rings. The van der Waals surface area contributed by atoms with E-state index >= 15 is 0 Å². The average Bonchev–Trinajstić information content (AvgIpc) is 2.89. The van der Waals surface area contributed by atoms with Crippen LogP contribution in [0, 0.1) is 0 Å². The minimum Gasteiger partial charge on any atom is -0.497 e. The van der Waals surface area contributed by atoms with Crippen LogP contribution in [-0.4, -0.2) is 34.7 Å². The molecular weight excluding hydrogens is 274 g/mol. The van der Waals surface area contributed by atoms with Crippen molar-refractivity contribution in [1.29, 1.82) is 0 Å². The number of hydrogen-bond acceptors (Lipinski definition) is 5. The minimum atomic E-state index is 0.745. The lowest BCUT2D eigenvalue weighted by atomic mass is 10.2. The monoisotopic (exact) mass is 293 g/mol. The summed E-state index contributed by atoms with van der Waals surface area (Å²) in [5.41, 5.74) is 0.943. The van der Waals surface area contributed by atoms with Crippen LogP contribution in [0.15, 0.2) is 23.4 Å². The number of nitrogens with zero attached hydrogens (tertiary/aromatic N) is 3. The standard InChI is InChI=1S/C14H19N3O2S/c1-5-17-13(15-16-14(17)20-6-2)10-7-11(18-3)9-12(8-10)19-4/h7-9H,5-6H2,1-4H3. The Morgan fingerprint density at radius 3 is 2.20 bits per heavy atom. The maximum Gasteiger partial charge on any atom is 0.191 e. The maximum atomic E-state index is 5.30. The zero-order valence-corrected chi connectivity index (χ0v) is 13.0. The predicted octanol–water partition coefficient (Wildman–Crippen LogP) is 3.09. The van der Waals surface area contributed by atoms with Gasteiger partial charge in [0.2, 0.25) is 0 Å². The Balaban J connectivity index is 2.50. The highest BCUT2D eigenvalue weighted by molar-refractivity contribution is 7.99. The molecule has 0 amide bonds. The summed E-state index contributed by atoms with van der Waals surface area (Å²) in [5, 5.41) is 9.50. The molecule has 0 unspecified atom stereocenters. The van der Waals surface area contributed by atoms with Gasteiger partial charge >= 0.3 is 0 Å². The third-order valence-electron chi connectivity index (χ3n) is 2.92. The molecule has 0 aliphatic carbocycles. The van der Waals surface area contributed by atoms with Crippen molar-refractivity contribution in [3.8, 4) is 22.9 Å². The molecule has 0 saturated carbocycles. The number of thioether (sulfide) groups is 1. The molecule has 0 radical (unpaired) electrons. The SMILES string of the molecule is CCSc1nnc(-c2cc(OC)cc(OC)c2)n1CC. The number of hydrogen-bond donors (Lipinski definition) is 0. The molecule has 1 heterocycles. The van der Waals surface area contributed by atoms with Crippen LogP contribution in [0.5, 0.6) is 11.5 Å². The quantitative estimate of drug-likeness (QED) is 0.766. The van der Waals surface area contributed by atoms with Gasteiger partial charge in [-0.25, -0.2) is 0 Å². The molecule has 0 N–H and O–H groups in total. The molecule has 0 spiro atoms. The van der Waals surface area contributed by atoms with Crippen molar-refractivity contribution in [2.75, 3.05) is 20.0 Å². The molecule has 1 aromatic heterocycles. The van der Waals surface area contributed by atoms with Crippen molar-refractivity contribution in [3.63, 3.8) is 0 Å². The first-order valence-electron chi connectivity index (χ1n) is 6.52. The molecule has 0 saturated heterocycles. The first-order chi connectivity index (χ1) is 9.73. The largest absolute Gasteiger partial charge is 0.497 e. The predicted molar refractivity (Wildman–Crippen MR) is 80.6 cm³/mol. The second kappa shape index (κ2) is 6.65. The van der Waals surface area contributed by atoms with Gasteiger partial charge in [-0.1, -0.05) is 18.7 Å². The van der Waals surface area contributed by atoms with Crippen LogP contribution in [0.25, 0.3) is 11.4 Å². The van der Waals surface area contributed by atoms with Gasteiger partial charge in [-0.2, -0.15) is 0 Å². The van der Waals surface area contributed by atoms with Gasteiger partial charge in [0.15, 0.2) is 11.0 Å². The third kappa shape index (κ3) is 2.90. The van der Waals surface area contributed by atoms with Crippen molar-refractivity contribution < 1.29 is 9.47 Å². The summed E-state index contributed by atoms with van der Waals surface area (Å²) in [5.74, 6) is 3.30. The topological polar surface area (TPSA) is 49.2 Å². The Kier molecular flexibility index (Phi) is 4.89. The van der Waals surface area contributed by atoms with E-state index in [9.17, 15) is 0 Å². The van der Waals surface area contributed by atoms with Crippen LogP contribution < -0.4 is 9.47 Å². The van der Waals surface area contributed by atoms with Crippen LogP contribution in [0.4, 0.5) is 0 Å². The first-order valence-corrected chi connectivity index (χ1v) is 7.51. The Bertz CT molecular complexity index is 562. The van der Waals surface area contributed by atoms with Gasteiger partial charge in [-0.3, -0.25) is 0 Å². The highest BCUT2D eigenvalue weighted by Crippen LogP contribution is 2.30. The van der Waals surface area contributed by atoms with E-state index in [-0.39, 0.29) is 0 Å². The molecule has 0 aliphatic heterocycles. The highest BCUT2D eigenvalue weighted by atomic mass is 32.2. The minimum absolute atomic E-state index is 0.745. The van der Waals surface area contributed by atoms with Crippen LogP contribution in [-0.2, 0) is 6.54 Å². The fraction of sp³-hybridized carbons (Fsp3) is 0.429. The summed E-state index contributed by atoms with van der Waals surface area (Å²) < 4.78 is 12.7. The fourth-order valence-electron chi connectivity index (χ4n) is 1.96. The molecule has 20 heavy (non-hydrogen) atoms. The summed E-state index contributed by atoms with van der Waals surface area (Å²) >= 11 is 1.69. The van der Waals surface area contributed by atoms with Crippen molar-refractivity contribution in [2.24, 2.45) is 0 Å². The molecule has 2 rings (SSSR count). The number of benzene rings is 1. The van der Waals surface area contributed by atoms with Gasteiger partial charge in [-0.15, -0.1) is 10.2 Å². The first kappa shape index (κ1) is 14.7. The average molecular weight is 293 g/mol. The summed E-state index contributed by atoms with van der Waals surface area (Å²) in [6, 6.07) is 5.73. The molecule has 0 fully saturated rings. The van der Waals surface area contributed by atoms with Gasteiger partial charge in [0.05, 0.1) is 14.2 Å². The Morgan fingerprint density at radius 2 is 1.70 bits per heavy atom. The number of aromatic nitrogens is 3. The zero-order chi connectivity index (χ0) is 14.5. The van der Waals surface area contributed by atoms with E-state index in [0.717, 1.165) is 40.3 Å². The van der Waals surface area contributed by atoms with Gasteiger partial charge in [0.25, 0.3) is 0 Å². The molecule has 108 valence electrons. The Morgan fingerprint density at radius 1 is 1.05 bits per heavy atom. The van der Waals surface area contributed by atoms with Crippen LogP contribution >= 0.6 is 11.8 Å². The smallest absolute Gasteiger partial charge is 0.191 e. The zero-order valence-electron chi connectivity index (χ0n) is 12.2. The number of rotatable bonds is 6. The van der Waals surface area contributed by atoms with Gasteiger partial charge in [0, 0.05) is 18.2 Å². The van der Waals surface area contributed by atoms with E-state index in [1.165, 1.54) is 0 Å². The summed E-state index contributed by atoms with van der Waals surface area (Å²) in [7, 11) is 3.28. The van der Waals surface area contributed by atoms with Gasteiger partial charge < -0.3 is 14.0 Å². The molecule has 0 aliphatic rings. The molecular formula is C14H19N3O2S. The fourth-order valence-corrected chi connectivity index (χ4v) is 2.69. The lowest BCUT2D eigenvalue weighted by Gasteiger charge is -2.10. The second-order valence-corrected chi connectivity index (χ2v) is 5.32. The van der Waals surface area contributed by atoms with E-state index in [1.54, 1.807) is 26.0 Å². The molecule has 0 bridgehead atoms. The van der Waals surface area contributed by atoms with Crippen molar-refractivity contribution in [3.05, 3.63) is 18.2 Å². The summed E-state index contributed by atoms with van der Waals surface area (Å²) in [6.07, 6.45) is 0. The Hall–Kier alpha value is -1.69. The maximum absolute atomic E-state index is 5.30. The van der Waals surface area contributed by atoms with Crippen molar-refractivity contribution in [1.82, 2.24) is 14.8 Å². The molecule has 6 heteroatoms. The van der Waals surface area contributed by atoms with Crippen LogP contribution in [0.2, 0.25) is 0 Å². The number of ether oxygens (including phenoxy) is 2. The third-order valence-corrected chi connectivity index (χ3v) is 3.77. The highest BCUT2D eigenvalue weighted by Gasteiger charge is 2.14. The van der Waals surface area contributed by atoms with Crippen LogP contribution in [0.1, 0.15) is 13.8 Å². The molecule has 0 atom stereocenters. The summed E-state index contributed by atoms with van der Waals surface area (Å²) in [6.45, 7) is 5.02. The lowest BCUT2D eigenvalue weighted by molar-refractivity contribution is 0.394.